The van der Waals surface area contributed by atoms with E-state index in [0.717, 1.165) is 18.5 Å². The molecule has 0 radical (unpaired) electrons. The normalized spacial score (nSPS) is 11.5. The van der Waals surface area contributed by atoms with Crippen molar-refractivity contribution in [2.75, 3.05) is 11.2 Å². The summed E-state index contributed by atoms with van der Waals surface area (Å²) >= 11 is 5.75. The van der Waals surface area contributed by atoms with E-state index in [0.29, 0.717) is 5.88 Å². The molecule has 0 aliphatic rings. The van der Waals surface area contributed by atoms with E-state index in [-0.39, 0.29) is 0 Å². The van der Waals surface area contributed by atoms with E-state index in [4.69, 9.17) is 11.6 Å². The van der Waals surface area contributed by atoms with Gasteiger partial charge in [-0.25, -0.2) is 0 Å². The Morgan fingerprint density at radius 2 is 2.27 bits per heavy atom. The summed E-state index contributed by atoms with van der Waals surface area (Å²) in [5.74, 6) is 0.657. The van der Waals surface area contributed by atoms with E-state index < -0.39 is 0 Å². The molecule has 2 heteroatoms. The Morgan fingerprint density at radius 3 is 2.87 bits per heavy atom. The Balaban J connectivity index is 2.69. The van der Waals surface area contributed by atoms with Crippen LogP contribution in [0.4, 0.5) is 5.69 Å². The van der Waals surface area contributed by atoms with Crippen LogP contribution in [0.3, 0.4) is 0 Å². The molecule has 0 amide bonds. The van der Waals surface area contributed by atoms with Crippen LogP contribution in [-0.4, -0.2) is 5.88 Å². The van der Waals surface area contributed by atoms with Gasteiger partial charge in [-0.3, -0.25) is 0 Å². The largest absolute Gasteiger partial charge is 0.359 e. The van der Waals surface area contributed by atoms with E-state index in [1.165, 1.54) is 11.3 Å². The summed E-state index contributed by atoms with van der Waals surface area (Å²) in [4.78, 5) is 0. The lowest BCUT2D eigenvalue weighted by molar-refractivity contribution is 1.07. The summed E-state index contributed by atoms with van der Waals surface area (Å²) in [6, 6.07) is 8.36. The molecule has 0 fully saturated rings. The number of hydrogen-bond donors (Lipinski definition) is 1. The van der Waals surface area contributed by atoms with Crippen molar-refractivity contribution in [1.29, 1.82) is 0 Å². The first-order valence-electron chi connectivity index (χ1n) is 5.35. The zero-order chi connectivity index (χ0) is 11.1. The van der Waals surface area contributed by atoms with Crippen LogP contribution in [0.2, 0.25) is 0 Å². The fourth-order valence-electron chi connectivity index (χ4n) is 1.47. The molecule has 1 aromatic carbocycles. The molecular weight excluding hydrogens is 206 g/mol. The van der Waals surface area contributed by atoms with Crippen molar-refractivity contribution in [3.05, 3.63) is 41.6 Å². The quantitative estimate of drug-likeness (QED) is 0.733. The average molecular weight is 224 g/mol. The van der Waals surface area contributed by atoms with Crippen molar-refractivity contribution in [2.45, 2.75) is 26.7 Å². The molecule has 1 nitrogen and oxygen atoms in total. The molecule has 1 N–H and O–H groups in total. The van der Waals surface area contributed by atoms with Crippen molar-refractivity contribution >= 4 is 17.3 Å². The molecular formula is C13H18ClN. The minimum absolute atomic E-state index is 0.657. The lowest BCUT2D eigenvalue weighted by Gasteiger charge is -2.10. The average Bonchev–Trinajstić information content (AvgIpc) is 2.18. The van der Waals surface area contributed by atoms with E-state index in [1.807, 2.05) is 0 Å². The van der Waals surface area contributed by atoms with Gasteiger partial charge in [-0.2, -0.15) is 0 Å². The highest BCUT2D eigenvalue weighted by molar-refractivity contribution is 6.18. The summed E-state index contributed by atoms with van der Waals surface area (Å²) in [6.07, 6.45) is 4.11. The molecule has 0 heterocycles. The first kappa shape index (κ1) is 12.1. The number of nitrogens with one attached hydrogen (secondary N) is 1. The SMILES string of the molecule is CC/C=C(\CCCl)Nc1cccc(C)c1. The van der Waals surface area contributed by atoms with Gasteiger partial charge >= 0.3 is 0 Å². The van der Waals surface area contributed by atoms with Crippen LogP contribution >= 0.6 is 11.6 Å². The van der Waals surface area contributed by atoms with Gasteiger partial charge in [0, 0.05) is 23.7 Å². The Kier molecular flexibility index (Phi) is 5.27. The zero-order valence-electron chi connectivity index (χ0n) is 9.39. The number of hydrogen-bond acceptors (Lipinski definition) is 1. The number of aryl methyl sites for hydroxylation is 1. The standard InChI is InChI=1S/C13H18ClN/c1-3-5-12(8-9-14)15-13-7-4-6-11(2)10-13/h4-7,10,15H,3,8-9H2,1-2H3/b12-5+. The highest BCUT2D eigenvalue weighted by Crippen LogP contribution is 2.14. The molecule has 0 spiro atoms. The number of allylic oxidation sites excluding steroid dienone is 2. The predicted octanol–water partition coefficient (Wildman–Crippen LogP) is 4.33. The lowest BCUT2D eigenvalue weighted by atomic mass is 10.2. The molecule has 0 saturated heterocycles. The van der Waals surface area contributed by atoms with Crippen LogP contribution in [0.25, 0.3) is 0 Å². The monoisotopic (exact) mass is 223 g/mol. The van der Waals surface area contributed by atoms with Gasteiger partial charge in [-0.1, -0.05) is 25.1 Å². The minimum Gasteiger partial charge on any atom is -0.359 e. The maximum absolute atomic E-state index is 5.75. The van der Waals surface area contributed by atoms with Gasteiger partial charge in [-0.15, -0.1) is 11.6 Å². The second kappa shape index (κ2) is 6.52. The van der Waals surface area contributed by atoms with Crippen molar-refractivity contribution in [1.82, 2.24) is 0 Å². The number of halogens is 1. The van der Waals surface area contributed by atoms with Gasteiger partial charge in [0.2, 0.25) is 0 Å². The minimum atomic E-state index is 0.657. The number of benzene rings is 1. The first-order valence-corrected chi connectivity index (χ1v) is 5.88. The first-order chi connectivity index (χ1) is 7.26. The van der Waals surface area contributed by atoms with Crippen LogP contribution in [-0.2, 0) is 0 Å². The topological polar surface area (TPSA) is 12.0 Å². The summed E-state index contributed by atoms with van der Waals surface area (Å²) in [7, 11) is 0. The number of anilines is 1. The van der Waals surface area contributed by atoms with Crippen molar-refractivity contribution in [3.63, 3.8) is 0 Å². The van der Waals surface area contributed by atoms with E-state index in [2.05, 4.69) is 49.5 Å². The second-order valence-corrected chi connectivity index (χ2v) is 3.95. The van der Waals surface area contributed by atoms with Gasteiger partial charge in [0.05, 0.1) is 0 Å². The molecule has 1 rings (SSSR count). The van der Waals surface area contributed by atoms with E-state index >= 15 is 0 Å². The third kappa shape index (κ3) is 4.39. The second-order valence-electron chi connectivity index (χ2n) is 3.57. The molecule has 0 aromatic heterocycles. The van der Waals surface area contributed by atoms with Crippen molar-refractivity contribution < 1.29 is 0 Å². The maximum atomic E-state index is 5.75. The van der Waals surface area contributed by atoms with Gasteiger partial charge < -0.3 is 5.32 Å². The lowest BCUT2D eigenvalue weighted by Crippen LogP contribution is -2.00. The fourth-order valence-corrected chi connectivity index (χ4v) is 1.68. The smallest absolute Gasteiger partial charge is 0.0384 e. The number of rotatable bonds is 5. The van der Waals surface area contributed by atoms with Crippen molar-refractivity contribution in [2.24, 2.45) is 0 Å². The Hall–Kier alpha value is -0.950. The molecule has 1 aromatic rings. The summed E-state index contributed by atoms with van der Waals surface area (Å²) in [6.45, 7) is 4.22. The summed E-state index contributed by atoms with van der Waals surface area (Å²) in [5, 5.41) is 3.40. The predicted molar refractivity (Wildman–Crippen MR) is 68.5 cm³/mol. The molecule has 0 unspecified atom stereocenters. The Bertz CT molecular complexity index is 331. The van der Waals surface area contributed by atoms with Crippen molar-refractivity contribution in [3.8, 4) is 0 Å². The molecule has 0 atom stereocenters. The molecule has 15 heavy (non-hydrogen) atoms. The van der Waals surface area contributed by atoms with Gasteiger partial charge in [-0.05, 0) is 31.0 Å². The maximum Gasteiger partial charge on any atom is 0.0384 e. The fraction of sp³-hybridized carbons (Fsp3) is 0.385. The Labute approximate surface area is 97.1 Å². The zero-order valence-corrected chi connectivity index (χ0v) is 10.1. The van der Waals surface area contributed by atoms with Crippen LogP contribution in [0, 0.1) is 6.92 Å². The summed E-state index contributed by atoms with van der Waals surface area (Å²) < 4.78 is 0. The summed E-state index contributed by atoms with van der Waals surface area (Å²) in [5.41, 5.74) is 3.61. The molecule has 82 valence electrons. The highest BCUT2D eigenvalue weighted by Gasteiger charge is 1.97. The molecule has 0 bridgehead atoms. The van der Waals surface area contributed by atoms with Gasteiger partial charge in [0.15, 0.2) is 0 Å². The van der Waals surface area contributed by atoms with E-state index in [1.54, 1.807) is 0 Å². The van der Waals surface area contributed by atoms with Crippen LogP contribution < -0.4 is 5.32 Å². The molecule has 0 saturated carbocycles. The van der Waals surface area contributed by atoms with Crippen LogP contribution in [0.1, 0.15) is 25.3 Å². The Morgan fingerprint density at radius 1 is 1.47 bits per heavy atom. The third-order valence-corrected chi connectivity index (χ3v) is 2.33. The third-order valence-electron chi connectivity index (χ3n) is 2.14. The highest BCUT2D eigenvalue weighted by atomic mass is 35.5. The van der Waals surface area contributed by atoms with Crippen LogP contribution in [0.5, 0.6) is 0 Å². The molecule has 0 aliphatic heterocycles. The van der Waals surface area contributed by atoms with Crippen LogP contribution in [0.15, 0.2) is 36.0 Å². The van der Waals surface area contributed by atoms with E-state index in [9.17, 15) is 0 Å². The number of alkyl halides is 1. The molecule has 0 aliphatic carbocycles. The van der Waals surface area contributed by atoms with Gasteiger partial charge in [0.1, 0.15) is 0 Å². The van der Waals surface area contributed by atoms with Gasteiger partial charge in [0.25, 0.3) is 0 Å².